The van der Waals surface area contributed by atoms with E-state index in [0.29, 0.717) is 11.5 Å². The van der Waals surface area contributed by atoms with Gasteiger partial charge in [-0.2, -0.15) is 0 Å². The predicted molar refractivity (Wildman–Crippen MR) is 91.3 cm³/mol. The van der Waals surface area contributed by atoms with E-state index in [-0.39, 0.29) is 17.7 Å². The molecule has 0 heterocycles. The summed E-state index contributed by atoms with van der Waals surface area (Å²) in [6.45, 7) is 0.831. The molecule has 0 radical (unpaired) electrons. The lowest BCUT2D eigenvalue weighted by atomic mass is 9.89. The van der Waals surface area contributed by atoms with E-state index in [1.165, 1.54) is 32.1 Å². The summed E-state index contributed by atoms with van der Waals surface area (Å²) < 4.78 is 0. The third-order valence-corrected chi connectivity index (χ3v) is 4.93. The molecule has 124 valence electrons. The molecular weight excluding hydrogens is 288 g/mol. The van der Waals surface area contributed by atoms with E-state index in [0.717, 1.165) is 25.1 Å². The number of hydrogen-bond acceptors (Lipinski definition) is 2. The summed E-state index contributed by atoms with van der Waals surface area (Å²) >= 11 is 0. The number of nitrogens with one attached hydrogen (secondary N) is 1. The first-order chi connectivity index (χ1) is 11.1. The molecule has 2 aliphatic rings. The van der Waals surface area contributed by atoms with Crippen LogP contribution in [0.4, 0.5) is 5.69 Å². The normalized spacial score (nSPS) is 18.5. The van der Waals surface area contributed by atoms with E-state index in [4.69, 9.17) is 0 Å². The van der Waals surface area contributed by atoms with E-state index < -0.39 is 0 Å². The highest BCUT2D eigenvalue weighted by Gasteiger charge is 2.29. The van der Waals surface area contributed by atoms with Gasteiger partial charge in [-0.25, -0.2) is 0 Å². The minimum absolute atomic E-state index is 0.0399. The molecule has 2 aliphatic carbocycles. The highest BCUT2D eigenvalue weighted by atomic mass is 16.2. The third-order valence-electron chi connectivity index (χ3n) is 4.93. The molecule has 2 amide bonds. The van der Waals surface area contributed by atoms with Gasteiger partial charge in [0.2, 0.25) is 5.91 Å². The van der Waals surface area contributed by atoms with Crippen LogP contribution in [0, 0.1) is 11.8 Å². The van der Waals surface area contributed by atoms with Crippen LogP contribution < -0.4 is 5.32 Å². The van der Waals surface area contributed by atoms with Crippen molar-refractivity contribution in [2.45, 2.75) is 44.9 Å². The van der Waals surface area contributed by atoms with Gasteiger partial charge in [-0.3, -0.25) is 9.59 Å². The summed E-state index contributed by atoms with van der Waals surface area (Å²) in [7, 11) is 1.88. The highest BCUT2D eigenvalue weighted by Crippen LogP contribution is 2.30. The Bertz CT molecular complexity index is 574. The third kappa shape index (κ3) is 4.34. The van der Waals surface area contributed by atoms with Crippen molar-refractivity contribution in [3.8, 4) is 0 Å². The first-order valence-electron chi connectivity index (χ1n) is 8.80. The lowest BCUT2D eigenvalue weighted by molar-refractivity contribution is -0.117. The maximum Gasteiger partial charge on any atom is 0.253 e. The van der Waals surface area contributed by atoms with Gasteiger partial charge in [0.05, 0.1) is 0 Å². The number of amides is 2. The van der Waals surface area contributed by atoms with Crippen LogP contribution in [-0.4, -0.2) is 30.3 Å². The molecule has 0 aliphatic heterocycles. The minimum atomic E-state index is 0.0399. The Morgan fingerprint density at radius 1 is 1.13 bits per heavy atom. The molecule has 0 saturated heterocycles. The number of rotatable bonds is 5. The fraction of sp³-hybridized carbons (Fsp3) is 0.579. The SMILES string of the molecule is CN(CC1CCCCC1)C(=O)c1cccc(NC(=O)C2CC2)c1. The van der Waals surface area contributed by atoms with Gasteiger partial charge in [-0.15, -0.1) is 0 Å². The molecule has 1 aromatic rings. The van der Waals surface area contributed by atoms with Crippen molar-refractivity contribution in [1.29, 1.82) is 0 Å². The van der Waals surface area contributed by atoms with Crippen LogP contribution in [0.15, 0.2) is 24.3 Å². The largest absolute Gasteiger partial charge is 0.341 e. The smallest absolute Gasteiger partial charge is 0.253 e. The lowest BCUT2D eigenvalue weighted by Gasteiger charge is -2.27. The van der Waals surface area contributed by atoms with Crippen LogP contribution in [0.5, 0.6) is 0 Å². The van der Waals surface area contributed by atoms with Gasteiger partial charge >= 0.3 is 0 Å². The number of carbonyl (C=O) groups is 2. The Kier molecular flexibility index (Phi) is 4.99. The standard InChI is InChI=1S/C19H26N2O2/c1-21(13-14-6-3-2-4-7-14)19(23)16-8-5-9-17(12-16)20-18(22)15-10-11-15/h5,8-9,12,14-15H,2-4,6-7,10-11,13H2,1H3,(H,20,22). The molecule has 2 saturated carbocycles. The van der Waals surface area contributed by atoms with Crippen LogP contribution in [0.3, 0.4) is 0 Å². The number of anilines is 1. The van der Waals surface area contributed by atoms with Crippen LogP contribution in [0.1, 0.15) is 55.3 Å². The Labute approximate surface area is 138 Å². The van der Waals surface area contributed by atoms with E-state index in [1.54, 1.807) is 6.07 Å². The van der Waals surface area contributed by atoms with E-state index in [1.807, 2.05) is 30.1 Å². The lowest BCUT2D eigenvalue weighted by Crippen LogP contribution is -2.32. The maximum absolute atomic E-state index is 12.6. The molecule has 4 heteroatoms. The van der Waals surface area contributed by atoms with Crippen molar-refractivity contribution in [3.05, 3.63) is 29.8 Å². The fourth-order valence-electron chi connectivity index (χ4n) is 3.38. The first-order valence-corrected chi connectivity index (χ1v) is 8.80. The predicted octanol–water partition coefficient (Wildman–Crippen LogP) is 3.69. The van der Waals surface area contributed by atoms with E-state index >= 15 is 0 Å². The van der Waals surface area contributed by atoms with Gasteiger partial charge in [0.15, 0.2) is 0 Å². The van der Waals surface area contributed by atoms with Crippen molar-refractivity contribution >= 4 is 17.5 Å². The number of hydrogen-bond donors (Lipinski definition) is 1. The fourth-order valence-corrected chi connectivity index (χ4v) is 3.38. The van der Waals surface area contributed by atoms with Gasteiger partial charge in [0.1, 0.15) is 0 Å². The van der Waals surface area contributed by atoms with Gasteiger partial charge in [0, 0.05) is 30.8 Å². The van der Waals surface area contributed by atoms with Crippen LogP contribution >= 0.6 is 0 Å². The van der Waals surface area contributed by atoms with Crippen molar-refractivity contribution in [3.63, 3.8) is 0 Å². The van der Waals surface area contributed by atoms with Crippen LogP contribution in [0.25, 0.3) is 0 Å². The summed E-state index contributed by atoms with van der Waals surface area (Å²) in [6, 6.07) is 7.30. The first kappa shape index (κ1) is 16.0. The van der Waals surface area contributed by atoms with Crippen molar-refractivity contribution < 1.29 is 9.59 Å². The molecule has 0 bridgehead atoms. The van der Waals surface area contributed by atoms with E-state index in [9.17, 15) is 9.59 Å². The van der Waals surface area contributed by atoms with Gasteiger partial charge in [0.25, 0.3) is 5.91 Å². The minimum Gasteiger partial charge on any atom is -0.341 e. The van der Waals surface area contributed by atoms with Crippen molar-refractivity contribution in [2.75, 3.05) is 18.9 Å². The number of benzene rings is 1. The zero-order valence-electron chi connectivity index (χ0n) is 13.9. The summed E-state index contributed by atoms with van der Waals surface area (Å²) in [4.78, 5) is 26.3. The molecule has 1 aromatic carbocycles. The van der Waals surface area contributed by atoms with Gasteiger partial charge in [-0.1, -0.05) is 25.3 Å². The van der Waals surface area contributed by atoms with Crippen molar-refractivity contribution in [2.24, 2.45) is 11.8 Å². The zero-order chi connectivity index (χ0) is 16.2. The second-order valence-electron chi connectivity index (χ2n) is 7.03. The molecule has 0 atom stereocenters. The number of nitrogens with zero attached hydrogens (tertiary/aromatic N) is 1. The van der Waals surface area contributed by atoms with Crippen LogP contribution in [-0.2, 0) is 4.79 Å². The molecule has 3 rings (SSSR count). The highest BCUT2D eigenvalue weighted by molar-refractivity contribution is 5.98. The monoisotopic (exact) mass is 314 g/mol. The quantitative estimate of drug-likeness (QED) is 0.901. The van der Waals surface area contributed by atoms with Gasteiger partial charge in [-0.05, 0) is 49.8 Å². The molecule has 2 fully saturated rings. The Balaban J connectivity index is 1.60. The van der Waals surface area contributed by atoms with Gasteiger partial charge < -0.3 is 10.2 Å². The van der Waals surface area contributed by atoms with E-state index in [2.05, 4.69) is 5.32 Å². The molecule has 4 nitrogen and oxygen atoms in total. The molecular formula is C19H26N2O2. The molecule has 0 spiro atoms. The Morgan fingerprint density at radius 3 is 2.57 bits per heavy atom. The van der Waals surface area contributed by atoms with Crippen molar-refractivity contribution in [1.82, 2.24) is 4.90 Å². The maximum atomic E-state index is 12.6. The van der Waals surface area contributed by atoms with Crippen LogP contribution in [0.2, 0.25) is 0 Å². The molecule has 23 heavy (non-hydrogen) atoms. The topological polar surface area (TPSA) is 49.4 Å². The molecule has 0 aromatic heterocycles. The average molecular weight is 314 g/mol. The summed E-state index contributed by atoms with van der Waals surface area (Å²) in [6.07, 6.45) is 8.33. The Morgan fingerprint density at radius 2 is 1.87 bits per heavy atom. The summed E-state index contributed by atoms with van der Waals surface area (Å²) in [5, 5.41) is 2.91. The zero-order valence-corrected chi connectivity index (χ0v) is 13.9. The number of carbonyl (C=O) groups excluding carboxylic acids is 2. The molecule has 1 N–H and O–H groups in total. The second kappa shape index (κ2) is 7.16. The molecule has 0 unspecified atom stereocenters. The second-order valence-corrected chi connectivity index (χ2v) is 7.03. The summed E-state index contributed by atoms with van der Waals surface area (Å²) in [5.41, 5.74) is 1.37. The summed E-state index contributed by atoms with van der Waals surface area (Å²) in [5.74, 6) is 0.919. The Hall–Kier alpha value is -1.84. The average Bonchev–Trinajstić information content (AvgIpc) is 3.40.